The number of aromatic nitrogens is 2. The molecule has 7 heteroatoms. The summed E-state index contributed by atoms with van der Waals surface area (Å²) in [4.78, 5) is 19.9. The van der Waals surface area contributed by atoms with Crippen molar-refractivity contribution in [3.05, 3.63) is 10.6 Å². The summed E-state index contributed by atoms with van der Waals surface area (Å²) in [5, 5.41) is 4.12. The van der Waals surface area contributed by atoms with Crippen LogP contribution in [-0.2, 0) is 11.3 Å². The van der Waals surface area contributed by atoms with Gasteiger partial charge in [-0.2, -0.15) is 0 Å². The predicted molar refractivity (Wildman–Crippen MR) is 86.7 cm³/mol. The average Bonchev–Trinajstić information content (AvgIpc) is 2.69. The number of piperidine rings is 1. The van der Waals surface area contributed by atoms with E-state index in [-0.39, 0.29) is 5.91 Å². The highest BCUT2D eigenvalue weighted by atomic mass is 32.1. The molecule has 1 amide bonds. The highest BCUT2D eigenvalue weighted by Crippen LogP contribution is 2.29. The minimum atomic E-state index is 0.204. The van der Waals surface area contributed by atoms with Crippen LogP contribution in [0.4, 0.5) is 0 Å². The summed E-state index contributed by atoms with van der Waals surface area (Å²) in [5.74, 6) is 0.880. The van der Waals surface area contributed by atoms with Crippen LogP contribution in [0.25, 0.3) is 0 Å². The lowest BCUT2D eigenvalue weighted by atomic mass is 9.95. The Morgan fingerprint density at radius 1 is 1.32 bits per heavy atom. The maximum Gasteiger partial charge on any atom is 0.236 e. The van der Waals surface area contributed by atoms with Crippen LogP contribution in [0.2, 0.25) is 0 Å². The van der Waals surface area contributed by atoms with E-state index in [0.717, 1.165) is 31.9 Å². The quantitative estimate of drug-likeness (QED) is 0.821. The predicted octanol–water partition coefficient (Wildman–Crippen LogP) is 0.831. The van der Waals surface area contributed by atoms with E-state index in [1.165, 1.54) is 29.3 Å². The third kappa shape index (κ3) is 3.47. The number of rotatable bonds is 4. The molecule has 0 aliphatic carbocycles. The molecule has 0 aromatic carbocycles. The number of likely N-dealkylation sites (N-methyl/N-ethyl adjacent to an activating group) is 1. The molecular formula is C15H25N5OS. The maximum absolute atomic E-state index is 12.0. The normalized spacial score (nSPS) is 26.1. The molecule has 3 fully saturated rings. The van der Waals surface area contributed by atoms with E-state index in [1.54, 1.807) is 4.90 Å². The Hall–Kier alpha value is -1.05. The number of fused-ring (bicyclic) bond motifs is 4. The summed E-state index contributed by atoms with van der Waals surface area (Å²) in [6, 6.07) is 0.551. The monoisotopic (exact) mass is 323 g/mol. The molecule has 22 heavy (non-hydrogen) atoms. The molecule has 3 saturated heterocycles. The van der Waals surface area contributed by atoms with Gasteiger partial charge >= 0.3 is 0 Å². The second-order valence-electron chi connectivity index (χ2n) is 6.79. The summed E-state index contributed by atoms with van der Waals surface area (Å²) < 4.78 is 4.05. The van der Waals surface area contributed by atoms with Crippen LogP contribution in [-0.4, -0.2) is 76.5 Å². The van der Waals surface area contributed by atoms with Crippen LogP contribution < -0.4 is 0 Å². The highest BCUT2D eigenvalue weighted by Gasteiger charge is 2.35. The topological polar surface area (TPSA) is 52.6 Å². The zero-order valence-corrected chi connectivity index (χ0v) is 14.5. The van der Waals surface area contributed by atoms with E-state index in [2.05, 4.69) is 19.4 Å². The molecule has 4 rings (SSSR count). The van der Waals surface area contributed by atoms with Gasteiger partial charge in [0.2, 0.25) is 5.91 Å². The fourth-order valence-corrected chi connectivity index (χ4v) is 4.17. The fraction of sp³-hybridized carbons (Fsp3) is 0.800. The van der Waals surface area contributed by atoms with Crippen molar-refractivity contribution in [2.45, 2.75) is 32.4 Å². The molecule has 2 bridgehead atoms. The molecule has 122 valence electrons. The van der Waals surface area contributed by atoms with Crippen LogP contribution in [0.5, 0.6) is 0 Å². The van der Waals surface area contributed by atoms with Crippen LogP contribution in [0.15, 0.2) is 0 Å². The van der Waals surface area contributed by atoms with Gasteiger partial charge in [-0.25, -0.2) is 0 Å². The molecular weight excluding hydrogens is 298 g/mol. The molecule has 3 aliphatic rings. The molecule has 0 radical (unpaired) electrons. The molecule has 0 unspecified atom stereocenters. The van der Waals surface area contributed by atoms with Crippen molar-refractivity contribution in [3.63, 3.8) is 0 Å². The molecule has 2 atom stereocenters. The van der Waals surface area contributed by atoms with E-state index >= 15 is 0 Å². The van der Waals surface area contributed by atoms with E-state index in [9.17, 15) is 4.79 Å². The van der Waals surface area contributed by atoms with Crippen molar-refractivity contribution in [3.8, 4) is 0 Å². The van der Waals surface area contributed by atoms with Crippen LogP contribution in [0.3, 0.4) is 0 Å². The van der Waals surface area contributed by atoms with Gasteiger partial charge in [0.05, 0.1) is 17.1 Å². The van der Waals surface area contributed by atoms with Crippen molar-refractivity contribution in [1.29, 1.82) is 0 Å². The number of amides is 1. The molecule has 0 N–H and O–H groups in total. The van der Waals surface area contributed by atoms with Crippen molar-refractivity contribution < 1.29 is 4.79 Å². The SMILES string of the molecule is Cc1nnsc1CN1C[C@@H]2CC[C@H]1CN(CC(=O)N(C)C)C2. The lowest BCUT2D eigenvalue weighted by Crippen LogP contribution is -2.44. The summed E-state index contributed by atoms with van der Waals surface area (Å²) in [5.41, 5.74) is 1.06. The maximum atomic E-state index is 12.0. The first-order valence-corrected chi connectivity index (χ1v) is 8.74. The third-order valence-electron chi connectivity index (χ3n) is 4.85. The zero-order valence-electron chi connectivity index (χ0n) is 13.7. The van der Waals surface area contributed by atoms with Gasteiger partial charge in [-0.3, -0.25) is 14.6 Å². The van der Waals surface area contributed by atoms with Gasteiger partial charge in [-0.15, -0.1) is 5.10 Å². The number of nitrogens with zero attached hydrogens (tertiary/aromatic N) is 5. The summed E-state index contributed by atoms with van der Waals surface area (Å²) in [7, 11) is 3.67. The van der Waals surface area contributed by atoms with Crippen LogP contribution in [0.1, 0.15) is 23.4 Å². The van der Waals surface area contributed by atoms with Crippen molar-refractivity contribution in [2.24, 2.45) is 5.92 Å². The van der Waals surface area contributed by atoms with E-state index in [1.807, 2.05) is 21.0 Å². The Balaban J connectivity index is 1.65. The Kier molecular flexibility index (Phi) is 4.75. The molecule has 1 aromatic rings. The number of carbonyl (C=O) groups excluding carboxylic acids is 1. The first-order valence-electron chi connectivity index (χ1n) is 7.97. The summed E-state index contributed by atoms with van der Waals surface area (Å²) >= 11 is 1.52. The van der Waals surface area contributed by atoms with Gasteiger partial charge in [0.1, 0.15) is 0 Å². The Labute approximate surface area is 136 Å². The van der Waals surface area contributed by atoms with E-state index in [4.69, 9.17) is 0 Å². The molecule has 6 nitrogen and oxygen atoms in total. The fourth-order valence-electron chi connectivity index (χ4n) is 3.51. The lowest BCUT2D eigenvalue weighted by Gasteiger charge is -2.35. The third-order valence-corrected chi connectivity index (χ3v) is 5.66. The summed E-state index contributed by atoms with van der Waals surface area (Å²) in [6.45, 7) is 6.73. The van der Waals surface area contributed by atoms with E-state index in [0.29, 0.717) is 18.5 Å². The first-order chi connectivity index (χ1) is 10.5. The Bertz CT molecular complexity index is 532. The molecule has 0 spiro atoms. The zero-order chi connectivity index (χ0) is 15.7. The molecule has 3 aliphatic heterocycles. The van der Waals surface area contributed by atoms with E-state index < -0.39 is 0 Å². The van der Waals surface area contributed by atoms with Gasteiger partial charge in [0, 0.05) is 46.3 Å². The minimum absolute atomic E-state index is 0.204. The average molecular weight is 323 g/mol. The largest absolute Gasteiger partial charge is 0.348 e. The summed E-state index contributed by atoms with van der Waals surface area (Å²) in [6.07, 6.45) is 2.52. The number of aryl methyl sites for hydroxylation is 1. The van der Waals surface area contributed by atoms with Crippen molar-refractivity contribution >= 4 is 17.4 Å². The van der Waals surface area contributed by atoms with Crippen molar-refractivity contribution in [1.82, 2.24) is 24.3 Å². The van der Waals surface area contributed by atoms with Gasteiger partial charge < -0.3 is 4.90 Å². The van der Waals surface area contributed by atoms with Crippen molar-refractivity contribution in [2.75, 3.05) is 40.3 Å². The number of hydrogen-bond acceptors (Lipinski definition) is 6. The standard InChI is InChI=1S/C15H25N5OS/c1-11-14(22-17-16-11)9-20-7-12-4-5-13(20)8-19(6-12)10-15(21)18(2)3/h12-13H,4-10H2,1-3H3/t12-,13+/m1/s1. The van der Waals surface area contributed by atoms with Crippen LogP contribution in [0, 0.1) is 12.8 Å². The van der Waals surface area contributed by atoms with Gasteiger partial charge in [-0.05, 0) is 37.2 Å². The second kappa shape index (κ2) is 6.60. The molecule has 0 saturated carbocycles. The Morgan fingerprint density at radius 2 is 2.14 bits per heavy atom. The van der Waals surface area contributed by atoms with Gasteiger partial charge in [-0.1, -0.05) is 4.49 Å². The van der Waals surface area contributed by atoms with Crippen LogP contribution >= 0.6 is 11.5 Å². The van der Waals surface area contributed by atoms with Gasteiger partial charge in [0.15, 0.2) is 0 Å². The van der Waals surface area contributed by atoms with Gasteiger partial charge in [0.25, 0.3) is 0 Å². The molecule has 1 aromatic heterocycles. The smallest absolute Gasteiger partial charge is 0.236 e. The molecule has 4 heterocycles. The highest BCUT2D eigenvalue weighted by molar-refractivity contribution is 7.05. The second-order valence-corrected chi connectivity index (χ2v) is 7.63. The first kappa shape index (κ1) is 15.8. The lowest BCUT2D eigenvalue weighted by molar-refractivity contribution is -0.130. The minimum Gasteiger partial charge on any atom is -0.348 e. The Morgan fingerprint density at radius 3 is 2.82 bits per heavy atom. The number of carbonyl (C=O) groups is 1. The number of hydrogen-bond donors (Lipinski definition) is 0.